The Labute approximate surface area is 113 Å². The molecule has 1 heterocycles. The van der Waals surface area contributed by atoms with Crippen LogP contribution in [0.5, 0.6) is 0 Å². The summed E-state index contributed by atoms with van der Waals surface area (Å²) >= 11 is 2.04. The maximum atomic E-state index is 11.7. The van der Waals surface area contributed by atoms with E-state index in [-0.39, 0.29) is 5.91 Å². The number of nitrogens with one attached hydrogen (secondary N) is 1. The Bertz CT molecular complexity index is 397. The van der Waals surface area contributed by atoms with Gasteiger partial charge in [0.05, 0.1) is 0 Å². The van der Waals surface area contributed by atoms with E-state index >= 15 is 0 Å². The van der Waals surface area contributed by atoms with Gasteiger partial charge in [0.1, 0.15) is 0 Å². The molecule has 0 saturated carbocycles. The van der Waals surface area contributed by atoms with Crippen LogP contribution in [0.15, 0.2) is 24.3 Å². The highest BCUT2D eigenvalue weighted by Crippen LogP contribution is 2.23. The van der Waals surface area contributed by atoms with Gasteiger partial charge in [0.25, 0.3) is 5.91 Å². The largest absolute Gasteiger partial charge is 0.385 e. The van der Waals surface area contributed by atoms with Crippen molar-refractivity contribution in [2.45, 2.75) is 6.42 Å². The Kier molecular flexibility index (Phi) is 4.53. The molecule has 1 amide bonds. The first kappa shape index (κ1) is 13.3. The molecule has 18 heavy (non-hydrogen) atoms. The van der Waals surface area contributed by atoms with Crippen LogP contribution in [0.1, 0.15) is 16.8 Å². The molecule has 1 aromatic carbocycles. The van der Waals surface area contributed by atoms with Crippen molar-refractivity contribution in [2.75, 3.05) is 37.5 Å². The van der Waals surface area contributed by atoms with Gasteiger partial charge in [-0.1, -0.05) is 0 Å². The first-order valence-electron chi connectivity index (χ1n) is 6.30. The molecule has 2 rings (SSSR count). The quantitative estimate of drug-likeness (QED) is 0.907. The summed E-state index contributed by atoms with van der Waals surface area (Å²) in [5.41, 5.74) is 1.84. The van der Waals surface area contributed by atoms with E-state index in [9.17, 15) is 4.79 Å². The monoisotopic (exact) mass is 264 g/mol. The van der Waals surface area contributed by atoms with Crippen LogP contribution in [0.4, 0.5) is 5.69 Å². The lowest BCUT2D eigenvalue weighted by molar-refractivity contribution is 0.0827. The predicted molar refractivity (Wildman–Crippen MR) is 78.4 cm³/mol. The number of hydrogen-bond donors (Lipinski definition) is 1. The molecular formula is C14H20N2OS. The first-order valence-corrected chi connectivity index (χ1v) is 7.45. The van der Waals surface area contributed by atoms with E-state index in [1.54, 1.807) is 19.0 Å². The van der Waals surface area contributed by atoms with E-state index in [0.717, 1.165) is 23.7 Å². The SMILES string of the molecule is CN(C)C(=O)c1ccc(NCC2CCSC2)cc1. The highest BCUT2D eigenvalue weighted by Gasteiger charge is 2.14. The molecule has 1 fully saturated rings. The van der Waals surface area contributed by atoms with Crippen LogP contribution >= 0.6 is 11.8 Å². The van der Waals surface area contributed by atoms with Gasteiger partial charge < -0.3 is 10.2 Å². The van der Waals surface area contributed by atoms with Gasteiger partial charge in [-0.3, -0.25) is 4.79 Å². The number of anilines is 1. The zero-order valence-corrected chi connectivity index (χ0v) is 11.8. The van der Waals surface area contributed by atoms with Crippen molar-refractivity contribution in [3.05, 3.63) is 29.8 Å². The van der Waals surface area contributed by atoms with Crippen molar-refractivity contribution in [3.8, 4) is 0 Å². The molecule has 0 bridgehead atoms. The van der Waals surface area contributed by atoms with Gasteiger partial charge in [-0.25, -0.2) is 0 Å². The maximum absolute atomic E-state index is 11.7. The number of thioether (sulfide) groups is 1. The summed E-state index contributed by atoms with van der Waals surface area (Å²) in [6, 6.07) is 7.74. The Balaban J connectivity index is 1.89. The lowest BCUT2D eigenvalue weighted by atomic mass is 10.1. The Morgan fingerprint density at radius 2 is 2.11 bits per heavy atom. The molecule has 1 N–H and O–H groups in total. The third-order valence-corrected chi connectivity index (χ3v) is 4.39. The Hall–Kier alpha value is -1.16. The standard InChI is InChI=1S/C14H20N2OS/c1-16(2)14(17)12-3-5-13(6-4-12)15-9-11-7-8-18-10-11/h3-6,11,15H,7-10H2,1-2H3. The van der Waals surface area contributed by atoms with Gasteiger partial charge in [0, 0.05) is 31.9 Å². The van der Waals surface area contributed by atoms with E-state index < -0.39 is 0 Å². The van der Waals surface area contributed by atoms with Gasteiger partial charge in [0.15, 0.2) is 0 Å². The second-order valence-electron chi connectivity index (χ2n) is 4.89. The molecule has 1 aliphatic heterocycles. The molecule has 1 atom stereocenters. The fourth-order valence-corrected chi connectivity index (χ4v) is 3.28. The molecule has 0 aliphatic carbocycles. The smallest absolute Gasteiger partial charge is 0.253 e. The van der Waals surface area contributed by atoms with Crippen LogP contribution in [-0.2, 0) is 0 Å². The summed E-state index contributed by atoms with van der Waals surface area (Å²) in [4.78, 5) is 13.3. The van der Waals surface area contributed by atoms with Gasteiger partial charge in [-0.15, -0.1) is 0 Å². The molecule has 0 spiro atoms. The van der Waals surface area contributed by atoms with Crippen LogP contribution in [-0.4, -0.2) is 43.0 Å². The number of rotatable bonds is 4. The van der Waals surface area contributed by atoms with E-state index in [4.69, 9.17) is 0 Å². The van der Waals surface area contributed by atoms with E-state index in [1.165, 1.54) is 17.9 Å². The van der Waals surface area contributed by atoms with E-state index in [2.05, 4.69) is 5.32 Å². The molecule has 1 unspecified atom stereocenters. The molecule has 1 aromatic rings. The molecule has 1 aliphatic rings. The van der Waals surface area contributed by atoms with Crippen LogP contribution in [0.3, 0.4) is 0 Å². The van der Waals surface area contributed by atoms with E-state index in [0.29, 0.717) is 0 Å². The molecular weight excluding hydrogens is 244 g/mol. The van der Waals surface area contributed by atoms with Crippen molar-refractivity contribution in [3.63, 3.8) is 0 Å². The minimum Gasteiger partial charge on any atom is -0.385 e. The molecule has 0 radical (unpaired) electrons. The van der Waals surface area contributed by atoms with Crippen molar-refractivity contribution < 1.29 is 4.79 Å². The summed E-state index contributed by atoms with van der Waals surface area (Å²) in [6.45, 7) is 1.04. The molecule has 98 valence electrons. The number of carbonyl (C=O) groups is 1. The molecule has 4 heteroatoms. The Morgan fingerprint density at radius 1 is 1.39 bits per heavy atom. The zero-order valence-electron chi connectivity index (χ0n) is 11.0. The first-order chi connectivity index (χ1) is 8.66. The minimum absolute atomic E-state index is 0.0498. The van der Waals surface area contributed by atoms with Gasteiger partial charge in [-0.2, -0.15) is 11.8 Å². The third kappa shape index (κ3) is 3.42. The highest BCUT2D eigenvalue weighted by atomic mass is 32.2. The Morgan fingerprint density at radius 3 is 2.67 bits per heavy atom. The summed E-state index contributed by atoms with van der Waals surface area (Å²) in [7, 11) is 3.54. The second kappa shape index (κ2) is 6.14. The van der Waals surface area contributed by atoms with E-state index in [1.807, 2.05) is 36.0 Å². The van der Waals surface area contributed by atoms with Gasteiger partial charge in [0.2, 0.25) is 0 Å². The second-order valence-corrected chi connectivity index (χ2v) is 6.04. The lowest BCUT2D eigenvalue weighted by Crippen LogP contribution is -2.21. The van der Waals surface area contributed by atoms with Crippen LogP contribution in [0, 0.1) is 5.92 Å². The minimum atomic E-state index is 0.0498. The lowest BCUT2D eigenvalue weighted by Gasteiger charge is -2.13. The van der Waals surface area contributed by atoms with Crippen LogP contribution < -0.4 is 5.32 Å². The zero-order chi connectivity index (χ0) is 13.0. The number of nitrogens with zero attached hydrogens (tertiary/aromatic N) is 1. The summed E-state index contributed by atoms with van der Waals surface area (Å²) in [5.74, 6) is 3.40. The van der Waals surface area contributed by atoms with Crippen molar-refractivity contribution in [1.82, 2.24) is 4.90 Å². The van der Waals surface area contributed by atoms with Gasteiger partial charge >= 0.3 is 0 Å². The number of benzene rings is 1. The van der Waals surface area contributed by atoms with Crippen molar-refractivity contribution >= 4 is 23.4 Å². The maximum Gasteiger partial charge on any atom is 0.253 e. The number of carbonyl (C=O) groups excluding carboxylic acids is 1. The fraction of sp³-hybridized carbons (Fsp3) is 0.500. The van der Waals surface area contributed by atoms with Crippen molar-refractivity contribution in [2.24, 2.45) is 5.92 Å². The van der Waals surface area contributed by atoms with Gasteiger partial charge in [-0.05, 0) is 48.1 Å². The summed E-state index contributed by atoms with van der Waals surface area (Å²) in [5, 5.41) is 3.44. The molecule has 3 nitrogen and oxygen atoms in total. The van der Waals surface area contributed by atoms with Crippen molar-refractivity contribution in [1.29, 1.82) is 0 Å². The predicted octanol–water partition coefficient (Wildman–Crippen LogP) is 2.55. The number of amides is 1. The molecule has 0 aromatic heterocycles. The highest BCUT2D eigenvalue weighted by molar-refractivity contribution is 7.99. The normalized spacial score (nSPS) is 18.7. The fourth-order valence-electron chi connectivity index (χ4n) is 2.00. The third-order valence-electron chi connectivity index (χ3n) is 3.16. The average Bonchev–Trinajstić information content (AvgIpc) is 2.89. The summed E-state index contributed by atoms with van der Waals surface area (Å²) < 4.78 is 0. The summed E-state index contributed by atoms with van der Waals surface area (Å²) in [6.07, 6.45) is 1.31. The topological polar surface area (TPSA) is 32.3 Å². The molecule has 1 saturated heterocycles. The average molecular weight is 264 g/mol. The van der Waals surface area contributed by atoms with Crippen LogP contribution in [0.25, 0.3) is 0 Å². The number of hydrogen-bond acceptors (Lipinski definition) is 3. The van der Waals surface area contributed by atoms with Crippen LogP contribution in [0.2, 0.25) is 0 Å².